The Morgan fingerprint density at radius 2 is 2.11 bits per heavy atom. The summed E-state index contributed by atoms with van der Waals surface area (Å²) >= 11 is 5.15. The Balaban J connectivity index is 1.68. The SMILES string of the molecule is Brc1csc(-c2cnc(CNc3ccccc3)[nH]2)c1. The molecule has 2 heterocycles. The van der Waals surface area contributed by atoms with Gasteiger partial charge in [0, 0.05) is 15.5 Å². The second kappa shape index (κ2) is 5.59. The maximum Gasteiger partial charge on any atom is 0.125 e. The van der Waals surface area contributed by atoms with Crippen LogP contribution in [0.5, 0.6) is 0 Å². The van der Waals surface area contributed by atoms with Crippen molar-refractivity contribution >= 4 is 33.0 Å². The van der Waals surface area contributed by atoms with E-state index in [-0.39, 0.29) is 0 Å². The molecule has 0 aliphatic rings. The van der Waals surface area contributed by atoms with Gasteiger partial charge in [-0.3, -0.25) is 0 Å². The van der Waals surface area contributed by atoms with E-state index >= 15 is 0 Å². The summed E-state index contributed by atoms with van der Waals surface area (Å²) < 4.78 is 1.10. The van der Waals surface area contributed by atoms with Crippen LogP contribution in [-0.2, 0) is 6.54 Å². The second-order valence-electron chi connectivity index (χ2n) is 4.09. The van der Waals surface area contributed by atoms with Crippen LogP contribution in [0.4, 0.5) is 5.69 Å². The predicted octanol–water partition coefficient (Wildman–Crippen LogP) is 4.51. The summed E-state index contributed by atoms with van der Waals surface area (Å²) in [7, 11) is 0. The summed E-state index contributed by atoms with van der Waals surface area (Å²) in [5.74, 6) is 0.934. The van der Waals surface area contributed by atoms with E-state index in [0.717, 1.165) is 21.7 Å². The number of aromatic amines is 1. The number of aromatic nitrogens is 2. The summed E-state index contributed by atoms with van der Waals surface area (Å²) in [6.45, 7) is 0.691. The number of hydrogen-bond donors (Lipinski definition) is 2. The minimum Gasteiger partial charge on any atom is -0.378 e. The van der Waals surface area contributed by atoms with Gasteiger partial charge in [0.05, 0.1) is 23.3 Å². The fraction of sp³-hybridized carbons (Fsp3) is 0.0714. The fourth-order valence-electron chi connectivity index (χ4n) is 1.77. The van der Waals surface area contributed by atoms with Gasteiger partial charge in [-0.15, -0.1) is 11.3 Å². The van der Waals surface area contributed by atoms with Gasteiger partial charge in [-0.25, -0.2) is 4.98 Å². The molecule has 0 aliphatic heterocycles. The second-order valence-corrected chi connectivity index (χ2v) is 5.92. The molecule has 0 saturated heterocycles. The zero-order chi connectivity index (χ0) is 13.1. The summed E-state index contributed by atoms with van der Waals surface area (Å²) in [6, 6.07) is 12.2. The summed E-state index contributed by atoms with van der Waals surface area (Å²) in [4.78, 5) is 8.90. The van der Waals surface area contributed by atoms with Gasteiger partial charge in [0.2, 0.25) is 0 Å². The topological polar surface area (TPSA) is 40.7 Å². The molecule has 0 aliphatic carbocycles. The maximum atomic E-state index is 4.39. The number of H-pyrrole nitrogens is 1. The van der Waals surface area contributed by atoms with E-state index in [1.54, 1.807) is 11.3 Å². The lowest BCUT2D eigenvalue weighted by Crippen LogP contribution is -2.00. The number of halogens is 1. The molecule has 0 radical (unpaired) electrons. The number of imidazole rings is 1. The number of hydrogen-bond acceptors (Lipinski definition) is 3. The van der Waals surface area contributed by atoms with Crippen molar-refractivity contribution < 1.29 is 0 Å². The van der Waals surface area contributed by atoms with E-state index in [4.69, 9.17) is 0 Å². The van der Waals surface area contributed by atoms with Crippen molar-refractivity contribution in [3.8, 4) is 10.6 Å². The largest absolute Gasteiger partial charge is 0.378 e. The van der Waals surface area contributed by atoms with E-state index in [1.165, 1.54) is 4.88 Å². The monoisotopic (exact) mass is 333 g/mol. The molecule has 0 bridgehead atoms. The molecule has 2 N–H and O–H groups in total. The first kappa shape index (κ1) is 12.4. The Bertz CT molecular complexity index is 660. The maximum absolute atomic E-state index is 4.39. The molecule has 0 unspecified atom stereocenters. The molecule has 0 amide bonds. The molecule has 0 fully saturated rings. The van der Waals surface area contributed by atoms with Crippen molar-refractivity contribution in [2.45, 2.75) is 6.54 Å². The van der Waals surface area contributed by atoms with Crippen LogP contribution in [-0.4, -0.2) is 9.97 Å². The van der Waals surface area contributed by atoms with Crippen LogP contribution in [0.2, 0.25) is 0 Å². The molecular weight excluding hydrogens is 322 g/mol. The predicted molar refractivity (Wildman–Crippen MR) is 83.4 cm³/mol. The molecule has 19 heavy (non-hydrogen) atoms. The normalized spacial score (nSPS) is 10.6. The number of rotatable bonds is 4. The fourth-order valence-corrected chi connectivity index (χ4v) is 3.17. The van der Waals surface area contributed by atoms with Crippen LogP contribution in [0.3, 0.4) is 0 Å². The van der Waals surface area contributed by atoms with E-state index in [2.05, 4.69) is 42.7 Å². The number of thiophene rings is 1. The van der Waals surface area contributed by atoms with Crippen LogP contribution in [0.15, 0.2) is 52.4 Å². The third kappa shape index (κ3) is 3.05. The first-order chi connectivity index (χ1) is 9.31. The standard InChI is InChI=1S/C14H12BrN3S/c15-10-6-13(19-9-10)12-7-17-14(18-12)8-16-11-4-2-1-3-5-11/h1-7,9,16H,8H2,(H,17,18). The minimum atomic E-state index is 0.691. The van der Waals surface area contributed by atoms with Crippen molar-refractivity contribution in [1.29, 1.82) is 0 Å². The van der Waals surface area contributed by atoms with Gasteiger partial charge >= 0.3 is 0 Å². The molecule has 2 aromatic heterocycles. The quantitative estimate of drug-likeness (QED) is 0.737. The average Bonchev–Trinajstić information content (AvgIpc) is 3.06. The Morgan fingerprint density at radius 3 is 2.84 bits per heavy atom. The van der Waals surface area contributed by atoms with E-state index < -0.39 is 0 Å². The van der Waals surface area contributed by atoms with Gasteiger partial charge in [0.15, 0.2) is 0 Å². The van der Waals surface area contributed by atoms with Crippen LogP contribution >= 0.6 is 27.3 Å². The van der Waals surface area contributed by atoms with Gasteiger partial charge in [0.25, 0.3) is 0 Å². The van der Waals surface area contributed by atoms with E-state index in [1.807, 2.05) is 36.5 Å². The Labute approximate surface area is 123 Å². The highest BCUT2D eigenvalue weighted by atomic mass is 79.9. The molecule has 3 rings (SSSR count). The van der Waals surface area contributed by atoms with Crippen molar-refractivity contribution in [3.05, 3.63) is 58.3 Å². The lowest BCUT2D eigenvalue weighted by Gasteiger charge is -2.03. The highest BCUT2D eigenvalue weighted by Gasteiger charge is 2.05. The van der Waals surface area contributed by atoms with Crippen LogP contribution in [0, 0.1) is 0 Å². The van der Waals surface area contributed by atoms with Gasteiger partial charge in [0.1, 0.15) is 5.82 Å². The zero-order valence-electron chi connectivity index (χ0n) is 10.1. The van der Waals surface area contributed by atoms with Gasteiger partial charge in [-0.05, 0) is 34.1 Å². The molecule has 5 heteroatoms. The first-order valence-electron chi connectivity index (χ1n) is 5.88. The third-order valence-corrected chi connectivity index (χ3v) is 4.42. The summed E-state index contributed by atoms with van der Waals surface area (Å²) in [6.07, 6.45) is 1.88. The molecule has 0 atom stereocenters. The zero-order valence-corrected chi connectivity index (χ0v) is 12.5. The number of para-hydroxylation sites is 1. The number of benzene rings is 1. The van der Waals surface area contributed by atoms with Gasteiger partial charge in [-0.1, -0.05) is 18.2 Å². The highest BCUT2D eigenvalue weighted by molar-refractivity contribution is 9.10. The van der Waals surface area contributed by atoms with Gasteiger partial charge in [-0.2, -0.15) is 0 Å². The lowest BCUT2D eigenvalue weighted by molar-refractivity contribution is 1.00. The third-order valence-electron chi connectivity index (χ3n) is 2.70. The molecule has 96 valence electrons. The van der Waals surface area contributed by atoms with Gasteiger partial charge < -0.3 is 10.3 Å². The van der Waals surface area contributed by atoms with Crippen molar-refractivity contribution in [2.75, 3.05) is 5.32 Å². The molecule has 3 nitrogen and oxygen atoms in total. The van der Waals surface area contributed by atoms with E-state index in [0.29, 0.717) is 6.54 Å². The smallest absolute Gasteiger partial charge is 0.125 e. The van der Waals surface area contributed by atoms with Crippen molar-refractivity contribution in [1.82, 2.24) is 9.97 Å². The number of nitrogens with one attached hydrogen (secondary N) is 2. The number of nitrogens with zero attached hydrogens (tertiary/aromatic N) is 1. The van der Waals surface area contributed by atoms with Crippen LogP contribution in [0.1, 0.15) is 5.82 Å². The van der Waals surface area contributed by atoms with E-state index in [9.17, 15) is 0 Å². The first-order valence-corrected chi connectivity index (χ1v) is 7.56. The number of anilines is 1. The van der Waals surface area contributed by atoms with Crippen molar-refractivity contribution in [3.63, 3.8) is 0 Å². The Morgan fingerprint density at radius 1 is 1.26 bits per heavy atom. The van der Waals surface area contributed by atoms with Crippen LogP contribution in [0.25, 0.3) is 10.6 Å². The molecule has 0 saturated carbocycles. The molecule has 0 spiro atoms. The summed E-state index contributed by atoms with van der Waals surface area (Å²) in [5.41, 5.74) is 2.15. The summed E-state index contributed by atoms with van der Waals surface area (Å²) in [5, 5.41) is 5.40. The molecule has 3 aromatic rings. The van der Waals surface area contributed by atoms with Crippen LogP contribution < -0.4 is 5.32 Å². The minimum absolute atomic E-state index is 0.691. The average molecular weight is 334 g/mol. The molecular formula is C14H12BrN3S. The Kier molecular flexibility index (Phi) is 3.66. The van der Waals surface area contributed by atoms with Crippen molar-refractivity contribution in [2.24, 2.45) is 0 Å². The lowest BCUT2D eigenvalue weighted by atomic mass is 10.3. The molecule has 1 aromatic carbocycles. The highest BCUT2D eigenvalue weighted by Crippen LogP contribution is 2.28. The Hall–Kier alpha value is -1.59.